The van der Waals surface area contributed by atoms with E-state index in [4.69, 9.17) is 71.8 Å². The lowest BCUT2D eigenvalue weighted by atomic mass is 10.0. The van der Waals surface area contributed by atoms with E-state index in [0.717, 1.165) is 0 Å². The predicted molar refractivity (Wildman–Crippen MR) is 272 cm³/mol. The molecule has 27 heteroatoms. The molecule has 0 saturated carbocycles. The first-order valence-corrected chi connectivity index (χ1v) is 25.0. The Kier molecular flexibility index (Phi) is 39.8. The minimum Gasteiger partial charge on any atom is -0.429 e. The number of carbonyl (C=O) groups is 4. The van der Waals surface area contributed by atoms with E-state index >= 15 is 0 Å². The Morgan fingerprint density at radius 3 is 1.33 bits per heavy atom. The molecule has 3 N–H and O–H groups in total. The van der Waals surface area contributed by atoms with E-state index < -0.39 is 35.0 Å². The van der Waals surface area contributed by atoms with E-state index in [1.807, 2.05) is 0 Å². The van der Waals surface area contributed by atoms with Crippen molar-refractivity contribution in [2.75, 3.05) is 170 Å². The molecule has 2 aromatic carbocycles. The van der Waals surface area contributed by atoms with Crippen LogP contribution in [0.4, 0.5) is 16.2 Å². The summed E-state index contributed by atoms with van der Waals surface area (Å²) in [5, 5.41) is 22.2. The maximum absolute atomic E-state index is 13.1. The largest absolute Gasteiger partial charge is 0.514 e. The molecule has 0 unspecified atom stereocenters. The van der Waals surface area contributed by atoms with Crippen LogP contribution in [0.15, 0.2) is 53.6 Å². The summed E-state index contributed by atoms with van der Waals surface area (Å²) in [6.45, 7) is 15.1. The van der Waals surface area contributed by atoms with E-state index in [2.05, 4.69) is 26.0 Å². The van der Waals surface area contributed by atoms with Crippen molar-refractivity contribution in [3.63, 3.8) is 0 Å². The van der Waals surface area contributed by atoms with Crippen LogP contribution in [-0.2, 0) is 82.6 Å². The van der Waals surface area contributed by atoms with Crippen LogP contribution in [0, 0.1) is 16.0 Å². The Morgan fingerprint density at radius 2 is 0.947 bits per heavy atom. The lowest BCUT2D eigenvalue weighted by Crippen LogP contribution is -2.53. The van der Waals surface area contributed by atoms with Gasteiger partial charge in [0, 0.05) is 35.7 Å². The number of ether oxygens (including phenoxy) is 14. The molecule has 0 saturated heterocycles. The van der Waals surface area contributed by atoms with Crippen LogP contribution in [0.2, 0.25) is 0 Å². The van der Waals surface area contributed by atoms with Crippen LogP contribution in [-0.4, -0.2) is 206 Å². The summed E-state index contributed by atoms with van der Waals surface area (Å²) < 4.78 is 75.5. The van der Waals surface area contributed by atoms with Gasteiger partial charge in [-0.1, -0.05) is 31.1 Å². The fourth-order valence-corrected chi connectivity index (χ4v) is 5.82. The van der Waals surface area contributed by atoms with Crippen molar-refractivity contribution in [2.24, 2.45) is 11.0 Å². The van der Waals surface area contributed by atoms with Gasteiger partial charge in [0.1, 0.15) is 24.4 Å². The van der Waals surface area contributed by atoms with Crippen LogP contribution in [0.1, 0.15) is 32.8 Å². The maximum Gasteiger partial charge on any atom is 0.514 e. The summed E-state index contributed by atoms with van der Waals surface area (Å²) in [5.74, 6) is -1.60. The van der Waals surface area contributed by atoms with Crippen molar-refractivity contribution in [3.05, 3.63) is 74.7 Å². The van der Waals surface area contributed by atoms with Gasteiger partial charge in [0.25, 0.3) is 5.69 Å². The summed E-state index contributed by atoms with van der Waals surface area (Å²) in [7, 11) is 0. The number of non-ortho nitro benzene ring substituents is 1. The number of hydrogen-bond donors (Lipinski definition) is 3. The number of carbonyl (C=O) groups excluding carboxylic acids is 4. The third kappa shape index (κ3) is 36.4. The van der Waals surface area contributed by atoms with Crippen molar-refractivity contribution in [1.82, 2.24) is 10.6 Å². The Hall–Kier alpha value is -5.65. The highest BCUT2D eigenvalue weighted by Gasteiger charge is 2.27. The van der Waals surface area contributed by atoms with E-state index in [0.29, 0.717) is 163 Å². The van der Waals surface area contributed by atoms with Gasteiger partial charge in [0.2, 0.25) is 17.7 Å². The van der Waals surface area contributed by atoms with Crippen molar-refractivity contribution in [2.45, 2.75) is 45.9 Å². The fraction of sp³-hybridized carbons (Fsp3) is 0.673. The first-order valence-electron chi connectivity index (χ1n) is 25.0. The van der Waals surface area contributed by atoms with Gasteiger partial charge in [0.05, 0.1) is 163 Å². The summed E-state index contributed by atoms with van der Waals surface area (Å²) >= 11 is 0. The van der Waals surface area contributed by atoms with E-state index in [9.17, 15) is 29.3 Å². The first kappa shape index (κ1) is 66.5. The number of amides is 3. The van der Waals surface area contributed by atoms with Gasteiger partial charge in [-0.25, -0.2) is 4.79 Å². The number of hydrogen-bond acceptors (Lipinski definition) is 21. The highest BCUT2D eigenvalue weighted by molar-refractivity contribution is 5.98. The molecule has 27 nitrogen and oxygen atoms in total. The quantitative estimate of drug-likeness (QED) is 0.0124. The van der Waals surface area contributed by atoms with Crippen molar-refractivity contribution < 1.29 is 90.4 Å². The number of nitrogens with one attached hydrogen (secondary N) is 3. The van der Waals surface area contributed by atoms with Gasteiger partial charge in [-0.05, 0) is 48.2 Å². The summed E-state index contributed by atoms with van der Waals surface area (Å²) in [6.07, 6.45) is -0.985. The molecule has 0 heterocycles. The van der Waals surface area contributed by atoms with E-state index in [-0.39, 0.29) is 49.5 Å². The third-order valence-corrected chi connectivity index (χ3v) is 9.81. The second-order valence-corrected chi connectivity index (χ2v) is 16.2. The smallest absolute Gasteiger partial charge is 0.429 e. The molecule has 3 amide bonds. The molecule has 0 aromatic heterocycles. The lowest BCUT2D eigenvalue weighted by molar-refractivity contribution is -0.384. The number of rotatable bonds is 49. The molecular weight excluding hydrogens is 1010 g/mol. The summed E-state index contributed by atoms with van der Waals surface area (Å²) in [5.41, 5.74) is 9.03. The van der Waals surface area contributed by atoms with E-state index in [1.54, 1.807) is 38.1 Å². The highest BCUT2D eigenvalue weighted by atomic mass is 16.7. The lowest BCUT2D eigenvalue weighted by Gasteiger charge is -2.24. The third-order valence-electron chi connectivity index (χ3n) is 9.81. The minimum absolute atomic E-state index is 0.0172. The van der Waals surface area contributed by atoms with Gasteiger partial charge < -0.3 is 82.3 Å². The molecule has 0 aliphatic rings. The minimum atomic E-state index is -1.00. The van der Waals surface area contributed by atoms with E-state index in [1.165, 1.54) is 31.2 Å². The van der Waals surface area contributed by atoms with Crippen LogP contribution < -0.4 is 20.7 Å². The number of nitrogens with zero attached hydrogens (tertiary/aromatic N) is 4. The van der Waals surface area contributed by atoms with Gasteiger partial charge in [-0.15, -0.1) is 0 Å². The molecule has 2 atom stereocenters. The van der Waals surface area contributed by atoms with Crippen LogP contribution >= 0.6 is 0 Å². The fourth-order valence-electron chi connectivity index (χ4n) is 5.82. The number of anilines is 1. The molecular formula is C49H77N7O20. The molecule has 76 heavy (non-hydrogen) atoms. The van der Waals surface area contributed by atoms with Gasteiger partial charge >= 0.3 is 6.16 Å². The zero-order valence-corrected chi connectivity index (χ0v) is 43.9. The normalized spacial score (nSPS) is 11.9. The van der Waals surface area contributed by atoms with Crippen molar-refractivity contribution >= 4 is 35.3 Å². The first-order chi connectivity index (χ1) is 37.0. The average Bonchev–Trinajstić information content (AvgIpc) is 3.40. The molecule has 0 bridgehead atoms. The number of nitro benzene ring substituents is 1. The Balaban J connectivity index is 1.34. The van der Waals surface area contributed by atoms with Crippen LogP contribution in [0.3, 0.4) is 0 Å². The van der Waals surface area contributed by atoms with Crippen LogP contribution in [0.5, 0.6) is 5.75 Å². The molecule has 428 valence electrons. The Morgan fingerprint density at radius 1 is 0.553 bits per heavy atom. The SMILES string of the molecule is CC(C)[C@H](NC(=O)CCOCCOCCOCCOCCOCCOCCOCCOCCOCCOCCOCCOCCN=[N+]=[N-])C(=O)N[C@@H](C)C(=O)Nc1ccc(COC(=O)Oc2ccc([N+](=O)[O-])cc2)cc1. The predicted octanol–water partition coefficient (Wildman–Crippen LogP) is 3.79. The zero-order chi connectivity index (χ0) is 55.1. The molecule has 2 rings (SSSR count). The number of nitro groups is 1. The highest BCUT2D eigenvalue weighted by Crippen LogP contribution is 2.18. The molecule has 0 aliphatic heterocycles. The monoisotopic (exact) mass is 1080 g/mol. The maximum atomic E-state index is 13.1. The Labute approximate surface area is 443 Å². The topological polar surface area (TPSA) is 325 Å². The number of benzene rings is 2. The standard InChI is InChI=1S/C49H77N7O20/c1-39(2)46(48(59)52-40(3)47(58)53-42-6-4-41(5-7-42)38-75-49(60)76-44-10-8-43(9-11-44)56(61)62)54-45(57)12-14-63-16-18-65-20-22-67-24-26-69-28-30-71-32-34-73-36-37-74-35-33-72-31-29-70-27-25-68-23-21-66-19-17-64-15-13-51-55-50/h4-11,39-40,46H,12-38H2,1-3H3,(H,52,59)(H,53,58)(H,54,57)/t40-,46-/m0/s1. The second kappa shape index (κ2) is 45.5. The molecule has 0 fully saturated rings. The van der Waals surface area contributed by atoms with Gasteiger partial charge in [-0.2, -0.15) is 0 Å². The van der Waals surface area contributed by atoms with Gasteiger partial charge in [-0.3, -0.25) is 24.5 Å². The Bertz CT molecular complexity index is 1900. The molecule has 2 aromatic rings. The molecule has 0 spiro atoms. The average molecular weight is 1080 g/mol. The van der Waals surface area contributed by atoms with Gasteiger partial charge in [0.15, 0.2) is 0 Å². The second-order valence-electron chi connectivity index (χ2n) is 16.2. The number of azide groups is 1. The molecule has 0 aliphatic carbocycles. The van der Waals surface area contributed by atoms with Crippen LogP contribution in [0.25, 0.3) is 10.4 Å². The zero-order valence-electron chi connectivity index (χ0n) is 43.9. The molecule has 0 radical (unpaired) electrons. The van der Waals surface area contributed by atoms with Crippen molar-refractivity contribution in [1.29, 1.82) is 0 Å². The summed E-state index contributed by atoms with van der Waals surface area (Å²) in [4.78, 5) is 63.5. The van der Waals surface area contributed by atoms with Crippen molar-refractivity contribution in [3.8, 4) is 5.75 Å². The summed E-state index contributed by atoms with van der Waals surface area (Å²) in [6, 6.07) is 9.53.